The highest BCUT2D eigenvalue weighted by molar-refractivity contribution is 7.99. The molecule has 28 heavy (non-hydrogen) atoms. The molecule has 0 saturated carbocycles. The van der Waals surface area contributed by atoms with Gasteiger partial charge in [-0.1, -0.05) is 30.0 Å². The Morgan fingerprint density at radius 3 is 2.71 bits per heavy atom. The number of rotatable bonds is 6. The Morgan fingerprint density at radius 2 is 2.00 bits per heavy atom. The SMILES string of the molecule is COc1ccc([N+](=O)[O-])cc1NC(=O)CSc1cc(C)c2cccc(C)c2n1. The number of nitro benzene ring substituents is 1. The summed E-state index contributed by atoms with van der Waals surface area (Å²) >= 11 is 1.31. The van der Waals surface area contributed by atoms with Crippen molar-refractivity contribution in [2.75, 3.05) is 18.2 Å². The first-order chi connectivity index (χ1) is 13.4. The van der Waals surface area contributed by atoms with Crippen LogP contribution in [0.1, 0.15) is 11.1 Å². The van der Waals surface area contributed by atoms with Gasteiger partial charge in [-0.25, -0.2) is 4.98 Å². The summed E-state index contributed by atoms with van der Waals surface area (Å²) in [5.41, 5.74) is 3.24. The van der Waals surface area contributed by atoms with Crippen LogP contribution < -0.4 is 10.1 Å². The van der Waals surface area contributed by atoms with E-state index in [-0.39, 0.29) is 23.0 Å². The van der Waals surface area contributed by atoms with Crippen LogP contribution in [0.5, 0.6) is 5.75 Å². The maximum absolute atomic E-state index is 12.4. The topological polar surface area (TPSA) is 94.4 Å². The molecule has 0 unspecified atom stereocenters. The van der Waals surface area contributed by atoms with Gasteiger partial charge in [0.1, 0.15) is 5.75 Å². The molecule has 0 spiro atoms. The molecule has 0 radical (unpaired) electrons. The van der Waals surface area contributed by atoms with Crippen LogP contribution in [0.3, 0.4) is 0 Å². The number of thioether (sulfide) groups is 1. The molecule has 1 heterocycles. The number of carbonyl (C=O) groups excluding carboxylic acids is 1. The van der Waals surface area contributed by atoms with Gasteiger partial charge in [-0.15, -0.1) is 0 Å². The van der Waals surface area contributed by atoms with Gasteiger partial charge < -0.3 is 10.1 Å². The molecular formula is C20H19N3O4S. The number of non-ortho nitro benzene ring substituents is 1. The van der Waals surface area contributed by atoms with Crippen molar-refractivity contribution in [3.8, 4) is 5.75 Å². The fourth-order valence-corrected chi connectivity index (χ4v) is 3.61. The summed E-state index contributed by atoms with van der Waals surface area (Å²) in [6, 6.07) is 12.0. The van der Waals surface area contributed by atoms with Crippen molar-refractivity contribution in [3.63, 3.8) is 0 Å². The summed E-state index contributed by atoms with van der Waals surface area (Å²) in [4.78, 5) is 27.5. The molecule has 1 aromatic heterocycles. The lowest BCUT2D eigenvalue weighted by atomic mass is 10.1. The Morgan fingerprint density at radius 1 is 1.21 bits per heavy atom. The number of methoxy groups -OCH3 is 1. The molecule has 0 aliphatic rings. The molecule has 0 saturated heterocycles. The molecule has 144 valence electrons. The quantitative estimate of drug-likeness (QED) is 0.374. The van der Waals surface area contributed by atoms with Crippen molar-refractivity contribution in [2.45, 2.75) is 18.9 Å². The lowest BCUT2D eigenvalue weighted by molar-refractivity contribution is -0.384. The molecule has 8 heteroatoms. The van der Waals surface area contributed by atoms with Crippen LogP contribution in [0.25, 0.3) is 10.9 Å². The normalized spacial score (nSPS) is 10.7. The number of aryl methyl sites for hydroxylation is 2. The van der Waals surface area contributed by atoms with E-state index in [9.17, 15) is 14.9 Å². The molecule has 7 nitrogen and oxygen atoms in total. The molecule has 0 fully saturated rings. The van der Waals surface area contributed by atoms with Crippen molar-refractivity contribution < 1.29 is 14.5 Å². The maximum Gasteiger partial charge on any atom is 0.271 e. The number of hydrogen-bond acceptors (Lipinski definition) is 6. The number of nitrogens with zero attached hydrogens (tertiary/aromatic N) is 2. The Kier molecular flexibility index (Phi) is 5.79. The van der Waals surface area contributed by atoms with Gasteiger partial charge in [0.2, 0.25) is 5.91 Å². The molecule has 0 atom stereocenters. The van der Waals surface area contributed by atoms with Crippen LogP contribution in [0.4, 0.5) is 11.4 Å². The average Bonchev–Trinajstić information content (AvgIpc) is 2.67. The van der Waals surface area contributed by atoms with Gasteiger partial charge in [-0.05, 0) is 37.1 Å². The van der Waals surface area contributed by atoms with E-state index >= 15 is 0 Å². The fourth-order valence-electron chi connectivity index (χ4n) is 2.84. The van der Waals surface area contributed by atoms with E-state index in [1.54, 1.807) is 0 Å². The van der Waals surface area contributed by atoms with Crippen molar-refractivity contribution in [1.82, 2.24) is 4.98 Å². The van der Waals surface area contributed by atoms with E-state index < -0.39 is 4.92 Å². The summed E-state index contributed by atoms with van der Waals surface area (Å²) < 4.78 is 5.16. The Balaban J connectivity index is 1.75. The lowest BCUT2D eigenvalue weighted by Gasteiger charge is -2.11. The van der Waals surface area contributed by atoms with Crippen molar-refractivity contribution in [1.29, 1.82) is 0 Å². The second kappa shape index (κ2) is 8.26. The summed E-state index contributed by atoms with van der Waals surface area (Å²) in [6.45, 7) is 4.02. The number of para-hydroxylation sites is 1. The maximum atomic E-state index is 12.4. The van der Waals surface area contributed by atoms with Gasteiger partial charge in [0.15, 0.2) is 0 Å². The number of carbonyl (C=O) groups is 1. The van der Waals surface area contributed by atoms with Gasteiger partial charge in [0, 0.05) is 17.5 Å². The summed E-state index contributed by atoms with van der Waals surface area (Å²) in [6.07, 6.45) is 0. The van der Waals surface area contributed by atoms with Gasteiger partial charge in [-0.3, -0.25) is 14.9 Å². The monoisotopic (exact) mass is 397 g/mol. The van der Waals surface area contributed by atoms with Gasteiger partial charge in [-0.2, -0.15) is 0 Å². The molecule has 3 aromatic rings. The zero-order valence-electron chi connectivity index (χ0n) is 15.7. The summed E-state index contributed by atoms with van der Waals surface area (Å²) in [7, 11) is 1.44. The van der Waals surface area contributed by atoms with E-state index in [1.165, 1.54) is 37.1 Å². The first kappa shape index (κ1) is 19.6. The van der Waals surface area contributed by atoms with Gasteiger partial charge in [0.05, 0.1) is 34.0 Å². The lowest BCUT2D eigenvalue weighted by Crippen LogP contribution is -2.15. The third-order valence-electron chi connectivity index (χ3n) is 4.24. The standard InChI is InChI=1S/C20H19N3O4S/c1-12-5-4-6-15-13(2)9-19(22-20(12)15)28-11-18(24)21-16-10-14(23(25)26)7-8-17(16)27-3/h4-10H,11H2,1-3H3,(H,21,24). The van der Waals surface area contributed by atoms with Gasteiger partial charge in [0.25, 0.3) is 5.69 Å². The second-order valence-corrected chi connectivity index (χ2v) is 7.22. The first-order valence-corrected chi connectivity index (χ1v) is 9.49. The number of ether oxygens (including phenoxy) is 1. The molecule has 0 bridgehead atoms. The number of hydrogen-bond donors (Lipinski definition) is 1. The van der Waals surface area contributed by atoms with Crippen LogP contribution in [-0.2, 0) is 4.79 Å². The van der Waals surface area contributed by atoms with E-state index in [1.807, 2.05) is 38.1 Å². The van der Waals surface area contributed by atoms with Crippen LogP contribution in [0.2, 0.25) is 0 Å². The number of pyridine rings is 1. The number of aromatic nitrogens is 1. The van der Waals surface area contributed by atoms with Crippen LogP contribution in [0, 0.1) is 24.0 Å². The molecule has 1 N–H and O–H groups in total. The summed E-state index contributed by atoms with van der Waals surface area (Å²) in [5.74, 6) is 0.183. The Bertz CT molecular complexity index is 1070. The zero-order valence-corrected chi connectivity index (χ0v) is 16.5. The minimum absolute atomic E-state index is 0.119. The van der Waals surface area contributed by atoms with E-state index in [2.05, 4.69) is 10.3 Å². The van der Waals surface area contributed by atoms with Crippen molar-refractivity contribution >= 4 is 39.9 Å². The van der Waals surface area contributed by atoms with Gasteiger partial charge >= 0.3 is 0 Å². The van der Waals surface area contributed by atoms with E-state index in [0.29, 0.717) is 5.75 Å². The highest BCUT2D eigenvalue weighted by Gasteiger charge is 2.14. The molecule has 0 aliphatic carbocycles. The number of benzene rings is 2. The molecule has 1 amide bonds. The number of nitro groups is 1. The van der Waals surface area contributed by atoms with Crippen LogP contribution in [0.15, 0.2) is 47.5 Å². The second-order valence-electron chi connectivity index (χ2n) is 6.23. The summed E-state index contributed by atoms with van der Waals surface area (Å²) in [5, 5.41) is 15.5. The fraction of sp³-hybridized carbons (Fsp3) is 0.200. The largest absolute Gasteiger partial charge is 0.495 e. The smallest absolute Gasteiger partial charge is 0.271 e. The number of anilines is 1. The van der Waals surface area contributed by atoms with Crippen LogP contribution >= 0.6 is 11.8 Å². The minimum Gasteiger partial charge on any atom is -0.495 e. The third kappa shape index (κ3) is 4.23. The first-order valence-electron chi connectivity index (χ1n) is 8.51. The number of amides is 1. The van der Waals surface area contributed by atoms with E-state index in [0.717, 1.165) is 27.1 Å². The number of nitrogens with one attached hydrogen (secondary N) is 1. The Labute approximate surface area is 166 Å². The zero-order chi connectivity index (χ0) is 20.3. The van der Waals surface area contributed by atoms with Crippen molar-refractivity contribution in [2.24, 2.45) is 0 Å². The Hall–Kier alpha value is -3.13. The van der Waals surface area contributed by atoms with Crippen LogP contribution in [-0.4, -0.2) is 28.7 Å². The van der Waals surface area contributed by atoms with Crippen molar-refractivity contribution in [3.05, 3.63) is 63.7 Å². The molecule has 2 aromatic carbocycles. The predicted octanol–water partition coefficient (Wildman–Crippen LogP) is 4.50. The molecule has 3 rings (SSSR count). The highest BCUT2D eigenvalue weighted by Crippen LogP contribution is 2.30. The third-order valence-corrected chi connectivity index (χ3v) is 5.16. The highest BCUT2D eigenvalue weighted by atomic mass is 32.2. The number of fused-ring (bicyclic) bond motifs is 1. The van der Waals surface area contributed by atoms with E-state index in [4.69, 9.17) is 4.74 Å². The minimum atomic E-state index is -0.520. The molecule has 0 aliphatic heterocycles. The predicted molar refractivity (Wildman–Crippen MR) is 110 cm³/mol. The average molecular weight is 397 g/mol. The molecular weight excluding hydrogens is 378 g/mol.